The van der Waals surface area contributed by atoms with E-state index in [1.54, 1.807) is 0 Å². The average Bonchev–Trinajstić information content (AvgIpc) is 2.46. The molecular formula is C12H15F2N3O4S. The first-order chi connectivity index (χ1) is 10.2. The Morgan fingerprint density at radius 1 is 1.41 bits per heavy atom. The first-order valence-corrected chi connectivity index (χ1v) is 7.93. The van der Waals surface area contributed by atoms with Crippen LogP contribution in [0.2, 0.25) is 0 Å². The fraction of sp³-hybridized carbons (Fsp3) is 0.500. The maximum Gasteiger partial charge on any atom is 0.289 e. The zero-order chi connectivity index (χ0) is 16.5. The third kappa shape index (κ3) is 3.08. The standard InChI is InChI=1S/C12H15F2N3O4S/c1-12(13,14)11-8-15-6-7-16(11)22(20,21)10-5-3-2-4-9(10)17(18)19/h2-5,11,15H,6-8H2,1H3. The quantitative estimate of drug-likeness (QED) is 0.659. The lowest BCUT2D eigenvalue weighted by atomic mass is 10.1. The van der Waals surface area contributed by atoms with Gasteiger partial charge in [-0.25, -0.2) is 17.2 Å². The van der Waals surface area contributed by atoms with E-state index in [0.717, 1.165) is 12.1 Å². The van der Waals surface area contributed by atoms with Crippen molar-refractivity contribution in [3.63, 3.8) is 0 Å². The number of hydrogen-bond acceptors (Lipinski definition) is 5. The van der Waals surface area contributed by atoms with Gasteiger partial charge in [0.05, 0.1) is 4.92 Å². The molecule has 1 aliphatic heterocycles. The van der Waals surface area contributed by atoms with Crippen LogP contribution in [0, 0.1) is 10.1 Å². The zero-order valence-electron chi connectivity index (χ0n) is 11.7. The molecule has 1 heterocycles. The summed E-state index contributed by atoms with van der Waals surface area (Å²) in [5.41, 5.74) is -0.626. The molecule has 1 atom stereocenters. The van der Waals surface area contributed by atoms with Crippen molar-refractivity contribution in [2.24, 2.45) is 0 Å². The summed E-state index contributed by atoms with van der Waals surface area (Å²) in [5, 5.41) is 13.7. The summed E-state index contributed by atoms with van der Waals surface area (Å²) in [6, 6.07) is 3.14. The monoisotopic (exact) mass is 335 g/mol. The van der Waals surface area contributed by atoms with Gasteiger partial charge in [0.2, 0.25) is 10.0 Å². The van der Waals surface area contributed by atoms with Crippen molar-refractivity contribution in [3.05, 3.63) is 34.4 Å². The summed E-state index contributed by atoms with van der Waals surface area (Å²) >= 11 is 0. The summed E-state index contributed by atoms with van der Waals surface area (Å²) in [7, 11) is -4.40. The third-order valence-corrected chi connectivity index (χ3v) is 5.38. The van der Waals surface area contributed by atoms with Crippen LogP contribution < -0.4 is 5.32 Å². The molecule has 0 spiro atoms. The molecule has 1 aromatic rings. The lowest BCUT2D eigenvalue weighted by molar-refractivity contribution is -0.387. The molecule has 0 bridgehead atoms. The highest BCUT2D eigenvalue weighted by Crippen LogP contribution is 2.32. The molecule has 10 heteroatoms. The number of para-hydroxylation sites is 1. The minimum absolute atomic E-state index is 0.178. The molecule has 1 fully saturated rings. The summed E-state index contributed by atoms with van der Waals surface area (Å²) in [4.78, 5) is 9.58. The van der Waals surface area contributed by atoms with Crippen molar-refractivity contribution in [2.45, 2.75) is 23.8 Å². The van der Waals surface area contributed by atoms with Gasteiger partial charge in [0.25, 0.3) is 11.6 Å². The van der Waals surface area contributed by atoms with E-state index in [1.165, 1.54) is 12.1 Å². The van der Waals surface area contributed by atoms with E-state index >= 15 is 0 Å². The predicted molar refractivity (Wildman–Crippen MR) is 74.3 cm³/mol. The number of piperazine rings is 1. The first-order valence-electron chi connectivity index (χ1n) is 6.49. The van der Waals surface area contributed by atoms with E-state index in [9.17, 15) is 27.3 Å². The number of halogens is 2. The van der Waals surface area contributed by atoms with Gasteiger partial charge in [0, 0.05) is 32.6 Å². The van der Waals surface area contributed by atoms with Crippen LogP contribution in [0.15, 0.2) is 29.2 Å². The molecule has 1 aliphatic rings. The molecule has 0 aromatic heterocycles. The molecule has 1 saturated heterocycles. The van der Waals surface area contributed by atoms with Gasteiger partial charge in [-0.05, 0) is 6.07 Å². The Balaban J connectivity index is 2.52. The van der Waals surface area contributed by atoms with Crippen LogP contribution in [0.1, 0.15) is 6.92 Å². The second kappa shape index (κ2) is 5.86. The Hall–Kier alpha value is -1.65. The number of sulfonamides is 1. The minimum atomic E-state index is -4.40. The fourth-order valence-electron chi connectivity index (χ4n) is 2.36. The molecule has 0 aliphatic carbocycles. The highest BCUT2D eigenvalue weighted by molar-refractivity contribution is 7.89. The van der Waals surface area contributed by atoms with Crippen LogP contribution in [-0.4, -0.2) is 49.2 Å². The number of rotatable bonds is 4. The topological polar surface area (TPSA) is 92.6 Å². The van der Waals surface area contributed by atoms with Crippen molar-refractivity contribution in [1.82, 2.24) is 9.62 Å². The minimum Gasteiger partial charge on any atom is -0.314 e. The molecule has 1 unspecified atom stereocenters. The molecule has 7 nitrogen and oxygen atoms in total. The Morgan fingerprint density at radius 3 is 2.64 bits per heavy atom. The SMILES string of the molecule is CC(F)(F)C1CNCCN1S(=O)(=O)c1ccccc1[N+](=O)[O-]. The van der Waals surface area contributed by atoms with Gasteiger partial charge in [0.15, 0.2) is 4.90 Å². The van der Waals surface area contributed by atoms with Gasteiger partial charge in [-0.3, -0.25) is 10.1 Å². The second-order valence-electron chi connectivity index (χ2n) is 5.02. The molecule has 1 aromatic carbocycles. The van der Waals surface area contributed by atoms with Crippen molar-refractivity contribution >= 4 is 15.7 Å². The van der Waals surface area contributed by atoms with E-state index in [0.29, 0.717) is 11.2 Å². The average molecular weight is 335 g/mol. The smallest absolute Gasteiger partial charge is 0.289 e. The van der Waals surface area contributed by atoms with Gasteiger partial charge in [0.1, 0.15) is 6.04 Å². The number of nitrogens with one attached hydrogen (secondary N) is 1. The first kappa shape index (κ1) is 16.7. The van der Waals surface area contributed by atoms with Crippen LogP contribution in [0.5, 0.6) is 0 Å². The number of nitro benzene ring substituents is 1. The van der Waals surface area contributed by atoms with E-state index in [-0.39, 0.29) is 19.6 Å². The van der Waals surface area contributed by atoms with Gasteiger partial charge < -0.3 is 5.32 Å². The van der Waals surface area contributed by atoms with E-state index in [1.807, 2.05) is 0 Å². The third-order valence-electron chi connectivity index (χ3n) is 3.43. The molecule has 122 valence electrons. The molecule has 0 radical (unpaired) electrons. The van der Waals surface area contributed by atoms with Gasteiger partial charge in [-0.1, -0.05) is 12.1 Å². The highest BCUT2D eigenvalue weighted by atomic mass is 32.2. The summed E-state index contributed by atoms with van der Waals surface area (Å²) in [6.45, 7) is 0.435. The number of hydrogen-bond donors (Lipinski definition) is 1. The maximum atomic E-state index is 13.7. The Morgan fingerprint density at radius 2 is 2.05 bits per heavy atom. The van der Waals surface area contributed by atoms with Crippen LogP contribution in [0.4, 0.5) is 14.5 Å². The number of benzene rings is 1. The van der Waals surface area contributed by atoms with E-state index < -0.39 is 37.5 Å². The van der Waals surface area contributed by atoms with E-state index in [2.05, 4.69) is 5.32 Å². The normalized spacial score (nSPS) is 20.8. The molecule has 22 heavy (non-hydrogen) atoms. The van der Waals surface area contributed by atoms with Gasteiger partial charge in [-0.2, -0.15) is 4.31 Å². The lowest BCUT2D eigenvalue weighted by Gasteiger charge is -2.37. The Labute approximate surface area is 126 Å². The van der Waals surface area contributed by atoms with Crippen molar-refractivity contribution in [2.75, 3.05) is 19.6 Å². The van der Waals surface area contributed by atoms with Crippen molar-refractivity contribution in [3.8, 4) is 0 Å². The predicted octanol–water partition coefficient (Wildman–Crippen LogP) is 1.21. The van der Waals surface area contributed by atoms with Gasteiger partial charge in [-0.15, -0.1) is 0 Å². The van der Waals surface area contributed by atoms with Crippen LogP contribution in [0.25, 0.3) is 0 Å². The molecular weight excluding hydrogens is 320 g/mol. The summed E-state index contributed by atoms with van der Waals surface area (Å²) < 4.78 is 53.3. The largest absolute Gasteiger partial charge is 0.314 e. The molecule has 0 saturated carbocycles. The second-order valence-corrected chi connectivity index (χ2v) is 6.88. The van der Waals surface area contributed by atoms with Crippen LogP contribution >= 0.6 is 0 Å². The summed E-state index contributed by atoms with van der Waals surface area (Å²) in [6.07, 6.45) is 0. The Kier molecular flexibility index (Phi) is 4.45. The maximum absolute atomic E-state index is 13.7. The number of alkyl halides is 2. The fourth-order valence-corrected chi connectivity index (χ4v) is 4.19. The summed E-state index contributed by atoms with van der Waals surface area (Å²) in [5.74, 6) is -3.27. The van der Waals surface area contributed by atoms with Crippen molar-refractivity contribution in [1.29, 1.82) is 0 Å². The molecule has 1 N–H and O–H groups in total. The zero-order valence-corrected chi connectivity index (χ0v) is 12.5. The molecule has 0 amide bonds. The Bertz CT molecular complexity index is 675. The van der Waals surface area contributed by atoms with Crippen molar-refractivity contribution < 1.29 is 22.1 Å². The lowest BCUT2D eigenvalue weighted by Crippen LogP contribution is -2.59. The van der Waals surface area contributed by atoms with Crippen LogP contribution in [0.3, 0.4) is 0 Å². The van der Waals surface area contributed by atoms with Crippen LogP contribution in [-0.2, 0) is 10.0 Å². The highest BCUT2D eigenvalue weighted by Gasteiger charge is 2.46. The molecule has 2 rings (SSSR count). The van der Waals surface area contributed by atoms with E-state index in [4.69, 9.17) is 0 Å². The number of nitro groups is 1. The van der Waals surface area contributed by atoms with Gasteiger partial charge >= 0.3 is 0 Å². The number of nitrogens with zero attached hydrogens (tertiary/aromatic N) is 2.